The lowest BCUT2D eigenvalue weighted by Crippen LogP contribution is -2.43. The standard InChI is InChI=1S/C21H26N2O3/c1-14(2)17-10-18(26-22-17)20(25)23-16-8-9-19(23)21(12-16,13-24)11-15-6-4-3-5-7-15/h3-7,10,14,16,19,24H,8-9,11-13H2,1-2H3/t16-,19+,21-/m0/s1. The van der Waals surface area contributed by atoms with Crippen molar-refractivity contribution >= 4 is 5.91 Å². The highest BCUT2D eigenvalue weighted by Crippen LogP contribution is 2.51. The average Bonchev–Trinajstić information content (AvgIpc) is 3.35. The van der Waals surface area contributed by atoms with Gasteiger partial charge in [0.2, 0.25) is 5.76 Å². The molecule has 2 aliphatic heterocycles. The minimum Gasteiger partial charge on any atom is -0.396 e. The van der Waals surface area contributed by atoms with Crippen molar-refractivity contribution in [2.24, 2.45) is 5.41 Å². The number of aliphatic hydroxyl groups is 1. The number of aromatic nitrogens is 1. The Morgan fingerprint density at radius 1 is 1.35 bits per heavy atom. The molecule has 1 aromatic carbocycles. The van der Waals surface area contributed by atoms with Gasteiger partial charge >= 0.3 is 0 Å². The van der Waals surface area contributed by atoms with E-state index in [2.05, 4.69) is 17.3 Å². The van der Waals surface area contributed by atoms with Crippen LogP contribution in [0.1, 0.15) is 60.8 Å². The summed E-state index contributed by atoms with van der Waals surface area (Å²) in [4.78, 5) is 15.1. The maximum absolute atomic E-state index is 13.1. The van der Waals surface area contributed by atoms with Gasteiger partial charge in [-0.25, -0.2) is 0 Å². The summed E-state index contributed by atoms with van der Waals surface area (Å²) in [5, 5.41) is 14.3. The highest BCUT2D eigenvalue weighted by molar-refractivity contribution is 5.92. The number of aliphatic hydroxyl groups excluding tert-OH is 1. The molecule has 2 aliphatic rings. The van der Waals surface area contributed by atoms with Crippen molar-refractivity contribution in [3.05, 3.63) is 53.4 Å². The quantitative estimate of drug-likeness (QED) is 0.894. The van der Waals surface area contributed by atoms with Crippen molar-refractivity contribution in [1.29, 1.82) is 0 Å². The number of carbonyl (C=O) groups is 1. The summed E-state index contributed by atoms with van der Waals surface area (Å²) in [6.07, 6.45) is 3.58. The molecule has 5 nitrogen and oxygen atoms in total. The molecule has 5 heteroatoms. The van der Waals surface area contributed by atoms with E-state index in [-0.39, 0.29) is 35.9 Å². The summed E-state index contributed by atoms with van der Waals surface area (Å²) >= 11 is 0. The first-order valence-electron chi connectivity index (χ1n) is 9.48. The lowest BCUT2D eigenvalue weighted by Gasteiger charge is -2.36. The van der Waals surface area contributed by atoms with Gasteiger partial charge in [-0.3, -0.25) is 4.79 Å². The van der Waals surface area contributed by atoms with E-state index in [9.17, 15) is 9.90 Å². The molecule has 0 unspecified atom stereocenters. The zero-order valence-corrected chi connectivity index (χ0v) is 15.4. The third kappa shape index (κ3) is 2.75. The van der Waals surface area contributed by atoms with Gasteiger partial charge < -0.3 is 14.5 Å². The smallest absolute Gasteiger partial charge is 0.292 e. The van der Waals surface area contributed by atoms with E-state index in [1.54, 1.807) is 6.07 Å². The largest absolute Gasteiger partial charge is 0.396 e. The Balaban J connectivity index is 1.59. The van der Waals surface area contributed by atoms with Gasteiger partial charge in [-0.15, -0.1) is 0 Å². The Labute approximate surface area is 154 Å². The highest BCUT2D eigenvalue weighted by atomic mass is 16.5. The van der Waals surface area contributed by atoms with Gasteiger partial charge in [0.25, 0.3) is 5.91 Å². The Kier molecular flexibility index (Phi) is 4.35. The summed E-state index contributed by atoms with van der Waals surface area (Å²) in [6.45, 7) is 4.16. The van der Waals surface area contributed by atoms with E-state index in [1.807, 2.05) is 36.9 Å². The minimum absolute atomic E-state index is 0.0535. The lowest BCUT2D eigenvalue weighted by molar-refractivity contribution is 0.0539. The third-order valence-electron chi connectivity index (χ3n) is 6.13. The van der Waals surface area contributed by atoms with Crippen LogP contribution in [0.25, 0.3) is 0 Å². The predicted molar refractivity (Wildman–Crippen MR) is 97.9 cm³/mol. The summed E-state index contributed by atoms with van der Waals surface area (Å²) in [6, 6.07) is 12.2. The van der Waals surface area contributed by atoms with Gasteiger partial charge in [-0.05, 0) is 37.2 Å². The van der Waals surface area contributed by atoms with Crippen molar-refractivity contribution < 1.29 is 14.4 Å². The monoisotopic (exact) mass is 354 g/mol. The van der Waals surface area contributed by atoms with Crippen molar-refractivity contribution in [2.75, 3.05) is 6.61 Å². The fourth-order valence-electron chi connectivity index (χ4n) is 4.80. The molecule has 0 saturated carbocycles. The highest BCUT2D eigenvalue weighted by Gasteiger charge is 2.57. The van der Waals surface area contributed by atoms with Crippen LogP contribution in [-0.2, 0) is 6.42 Å². The van der Waals surface area contributed by atoms with Crippen LogP contribution in [-0.4, -0.2) is 39.8 Å². The van der Waals surface area contributed by atoms with Crippen LogP contribution in [0, 0.1) is 5.41 Å². The number of hydrogen-bond donors (Lipinski definition) is 1. The number of nitrogens with zero attached hydrogens (tertiary/aromatic N) is 2. The van der Waals surface area contributed by atoms with Crippen LogP contribution < -0.4 is 0 Å². The second-order valence-corrected chi connectivity index (χ2v) is 8.12. The molecule has 26 heavy (non-hydrogen) atoms. The molecule has 0 radical (unpaired) electrons. The third-order valence-corrected chi connectivity index (χ3v) is 6.13. The Morgan fingerprint density at radius 3 is 2.77 bits per heavy atom. The zero-order valence-electron chi connectivity index (χ0n) is 15.4. The minimum atomic E-state index is -0.263. The molecule has 2 bridgehead atoms. The summed E-state index contributed by atoms with van der Waals surface area (Å²) in [7, 11) is 0. The lowest BCUT2D eigenvalue weighted by atomic mass is 9.70. The molecule has 3 heterocycles. The second kappa shape index (κ2) is 6.54. The predicted octanol–water partition coefficient (Wildman–Crippen LogP) is 3.40. The SMILES string of the molecule is CC(C)c1cc(C(=O)N2[C@H]3CC[C@@H]2[C@@](CO)(Cc2ccccc2)C3)on1. The van der Waals surface area contributed by atoms with Crippen molar-refractivity contribution in [1.82, 2.24) is 10.1 Å². The molecule has 4 rings (SSSR count). The summed E-state index contributed by atoms with van der Waals surface area (Å²) < 4.78 is 5.34. The van der Waals surface area contributed by atoms with Crippen molar-refractivity contribution in [2.45, 2.75) is 57.5 Å². The van der Waals surface area contributed by atoms with Gasteiger partial charge in [0.05, 0.1) is 12.3 Å². The van der Waals surface area contributed by atoms with Gasteiger partial charge in [-0.1, -0.05) is 49.3 Å². The molecular weight excluding hydrogens is 328 g/mol. The van der Waals surface area contributed by atoms with Crippen LogP contribution in [0.5, 0.6) is 0 Å². The normalized spacial score (nSPS) is 27.5. The number of rotatable bonds is 5. The number of amides is 1. The topological polar surface area (TPSA) is 66.6 Å². The van der Waals surface area contributed by atoms with E-state index in [1.165, 1.54) is 5.56 Å². The number of carbonyl (C=O) groups excluding carboxylic acids is 1. The van der Waals surface area contributed by atoms with Gasteiger partial charge in [-0.2, -0.15) is 0 Å². The Hall–Kier alpha value is -2.14. The van der Waals surface area contributed by atoms with E-state index < -0.39 is 0 Å². The zero-order chi connectivity index (χ0) is 18.3. The first-order valence-corrected chi connectivity index (χ1v) is 9.48. The van der Waals surface area contributed by atoms with Gasteiger partial charge in [0.15, 0.2) is 0 Å². The van der Waals surface area contributed by atoms with E-state index in [0.717, 1.165) is 31.4 Å². The number of hydrogen-bond acceptors (Lipinski definition) is 4. The van der Waals surface area contributed by atoms with Crippen LogP contribution in [0.4, 0.5) is 0 Å². The second-order valence-electron chi connectivity index (χ2n) is 8.12. The summed E-state index contributed by atoms with van der Waals surface area (Å²) in [5.41, 5.74) is 1.75. The Morgan fingerprint density at radius 2 is 2.12 bits per heavy atom. The van der Waals surface area contributed by atoms with Crippen LogP contribution >= 0.6 is 0 Å². The molecule has 138 valence electrons. The van der Waals surface area contributed by atoms with E-state index in [0.29, 0.717) is 5.76 Å². The van der Waals surface area contributed by atoms with Crippen LogP contribution in [0.2, 0.25) is 0 Å². The van der Waals surface area contributed by atoms with E-state index >= 15 is 0 Å². The molecule has 1 amide bonds. The molecule has 0 spiro atoms. The molecule has 2 saturated heterocycles. The fraction of sp³-hybridized carbons (Fsp3) is 0.524. The maximum atomic E-state index is 13.1. The maximum Gasteiger partial charge on any atom is 0.292 e. The number of fused-ring (bicyclic) bond motifs is 2. The summed E-state index contributed by atoms with van der Waals surface area (Å²) in [5.74, 6) is 0.463. The first kappa shape index (κ1) is 17.3. The number of benzene rings is 1. The average molecular weight is 354 g/mol. The van der Waals surface area contributed by atoms with E-state index in [4.69, 9.17) is 4.52 Å². The van der Waals surface area contributed by atoms with Crippen LogP contribution in [0.15, 0.2) is 40.9 Å². The van der Waals surface area contributed by atoms with Gasteiger partial charge in [0, 0.05) is 23.6 Å². The molecule has 1 aromatic heterocycles. The molecule has 0 aliphatic carbocycles. The Bertz CT molecular complexity index is 786. The van der Waals surface area contributed by atoms with Gasteiger partial charge in [0.1, 0.15) is 0 Å². The fourth-order valence-corrected chi connectivity index (χ4v) is 4.80. The molecule has 3 atom stereocenters. The first-order chi connectivity index (χ1) is 12.5. The van der Waals surface area contributed by atoms with Crippen molar-refractivity contribution in [3.63, 3.8) is 0 Å². The van der Waals surface area contributed by atoms with Crippen molar-refractivity contribution in [3.8, 4) is 0 Å². The molecular formula is C21H26N2O3. The molecule has 1 N–H and O–H groups in total. The van der Waals surface area contributed by atoms with Crippen LogP contribution in [0.3, 0.4) is 0 Å². The molecule has 2 fully saturated rings. The molecule has 2 aromatic rings.